The lowest BCUT2D eigenvalue weighted by Crippen LogP contribution is -2.48. The van der Waals surface area contributed by atoms with Crippen molar-refractivity contribution in [1.29, 1.82) is 10.7 Å². The highest BCUT2D eigenvalue weighted by molar-refractivity contribution is 7.88. The van der Waals surface area contributed by atoms with E-state index in [0.717, 1.165) is 12.3 Å². The molecule has 15 heteroatoms. The van der Waals surface area contributed by atoms with Crippen LogP contribution in [0.2, 0.25) is 10.0 Å². The maximum Gasteiger partial charge on any atom is 0.211 e. The van der Waals surface area contributed by atoms with Crippen LogP contribution >= 0.6 is 23.2 Å². The van der Waals surface area contributed by atoms with E-state index in [1.807, 2.05) is 4.90 Å². The summed E-state index contributed by atoms with van der Waals surface area (Å²) in [5.74, 6) is -0.746. The molecule has 1 aliphatic rings. The number of nitrogens with zero attached hydrogens (tertiary/aromatic N) is 5. The zero-order valence-electron chi connectivity index (χ0n) is 20.5. The number of nitrogens with two attached hydrogens (primary N) is 2. The van der Waals surface area contributed by atoms with E-state index in [0.29, 0.717) is 18.9 Å². The van der Waals surface area contributed by atoms with Crippen LogP contribution in [0.25, 0.3) is 0 Å². The van der Waals surface area contributed by atoms with Crippen molar-refractivity contribution in [1.82, 2.24) is 14.3 Å². The predicted molar refractivity (Wildman–Crippen MR) is 146 cm³/mol. The molecular weight excluding hydrogens is 570 g/mol. The summed E-state index contributed by atoms with van der Waals surface area (Å²) in [4.78, 5) is 10.0. The quantitative estimate of drug-likeness (QED) is 0.211. The van der Waals surface area contributed by atoms with Gasteiger partial charge in [0.15, 0.2) is 17.8 Å². The van der Waals surface area contributed by atoms with Gasteiger partial charge in [-0.3, -0.25) is 16.1 Å². The number of sulfonamides is 1. The highest BCUT2D eigenvalue weighted by Gasteiger charge is 2.26. The third kappa shape index (κ3) is 6.05. The molecule has 0 radical (unpaired) electrons. The highest BCUT2D eigenvalue weighted by atomic mass is 35.5. The summed E-state index contributed by atoms with van der Waals surface area (Å²) in [5.41, 5.74) is 12.7. The molecule has 1 saturated heterocycles. The maximum atomic E-state index is 14.7. The molecule has 1 atom stereocenters. The Morgan fingerprint density at radius 2 is 1.82 bits per heavy atom. The topological polar surface area (TPSA) is 175 Å². The number of hydrogen-bond donors (Lipinski definition) is 3. The van der Waals surface area contributed by atoms with Gasteiger partial charge < -0.3 is 15.4 Å². The number of rotatable bonds is 7. The van der Waals surface area contributed by atoms with Crippen molar-refractivity contribution in [2.75, 3.05) is 43.1 Å². The zero-order chi connectivity index (χ0) is 28.5. The SMILES string of the molecule is CS(=O)(=O)N1CCN(c2ncc(C(=N)c3cc(O[C@H](N)c4c(Cl)cncc4Cl)c(F)cc3N)cc2C#N)CC1. The van der Waals surface area contributed by atoms with E-state index in [-0.39, 0.29) is 62.5 Å². The van der Waals surface area contributed by atoms with E-state index in [4.69, 9.17) is 44.8 Å². The number of piperazine rings is 1. The summed E-state index contributed by atoms with van der Waals surface area (Å²) in [7, 11) is -3.31. The summed E-state index contributed by atoms with van der Waals surface area (Å²) in [6, 6.07) is 5.77. The van der Waals surface area contributed by atoms with E-state index < -0.39 is 22.1 Å². The second-order valence-electron chi connectivity index (χ2n) is 8.66. The molecule has 204 valence electrons. The molecule has 0 spiro atoms. The lowest BCUT2D eigenvalue weighted by molar-refractivity contribution is 0.204. The largest absolute Gasteiger partial charge is 0.468 e. The highest BCUT2D eigenvalue weighted by Crippen LogP contribution is 2.33. The Bertz CT molecular complexity index is 1570. The van der Waals surface area contributed by atoms with Crippen LogP contribution < -0.4 is 21.1 Å². The molecule has 0 saturated carbocycles. The van der Waals surface area contributed by atoms with Crippen LogP contribution in [-0.2, 0) is 10.0 Å². The van der Waals surface area contributed by atoms with Crippen molar-refractivity contribution >= 4 is 50.4 Å². The average Bonchev–Trinajstić information content (AvgIpc) is 2.89. The Morgan fingerprint density at radius 1 is 1.18 bits per heavy atom. The van der Waals surface area contributed by atoms with Crippen LogP contribution in [0.3, 0.4) is 0 Å². The molecule has 3 aromatic rings. The first-order valence-corrected chi connectivity index (χ1v) is 14.0. The summed E-state index contributed by atoms with van der Waals surface area (Å²) < 4.78 is 45.3. The second-order valence-corrected chi connectivity index (χ2v) is 11.5. The van der Waals surface area contributed by atoms with Crippen molar-refractivity contribution in [2.45, 2.75) is 6.23 Å². The van der Waals surface area contributed by atoms with E-state index in [2.05, 4.69) is 16.0 Å². The second kappa shape index (κ2) is 11.3. The van der Waals surface area contributed by atoms with Gasteiger partial charge >= 0.3 is 0 Å². The number of pyridine rings is 2. The van der Waals surface area contributed by atoms with Crippen LogP contribution in [0.15, 0.2) is 36.8 Å². The van der Waals surface area contributed by atoms with Crippen LogP contribution in [0.4, 0.5) is 15.9 Å². The van der Waals surface area contributed by atoms with Crippen LogP contribution in [0.5, 0.6) is 5.75 Å². The number of aromatic nitrogens is 2. The van der Waals surface area contributed by atoms with Gasteiger partial charge in [-0.15, -0.1) is 0 Å². The minimum Gasteiger partial charge on any atom is -0.468 e. The number of nitrogen functional groups attached to an aromatic ring is 1. The Hall–Kier alpha value is -3.54. The van der Waals surface area contributed by atoms with Crippen LogP contribution in [-0.4, -0.2) is 60.8 Å². The molecule has 0 unspecified atom stereocenters. The van der Waals surface area contributed by atoms with Crippen molar-refractivity contribution in [3.05, 3.63) is 74.9 Å². The number of anilines is 2. The molecule has 0 amide bonds. The Morgan fingerprint density at radius 3 is 2.41 bits per heavy atom. The maximum absolute atomic E-state index is 14.7. The molecule has 11 nitrogen and oxygen atoms in total. The average molecular weight is 593 g/mol. The van der Waals surface area contributed by atoms with Gasteiger partial charge in [-0.1, -0.05) is 23.2 Å². The van der Waals surface area contributed by atoms with E-state index in [1.165, 1.54) is 35.0 Å². The van der Waals surface area contributed by atoms with E-state index in [9.17, 15) is 18.1 Å². The molecule has 5 N–H and O–H groups in total. The van der Waals surface area contributed by atoms with Gasteiger partial charge in [-0.2, -0.15) is 9.57 Å². The number of ether oxygens (including phenoxy) is 1. The van der Waals surface area contributed by atoms with Gasteiger partial charge in [0.25, 0.3) is 0 Å². The number of nitrogens with one attached hydrogen (secondary N) is 1. The fourth-order valence-corrected chi connectivity index (χ4v) is 5.49. The summed E-state index contributed by atoms with van der Waals surface area (Å²) >= 11 is 12.2. The van der Waals surface area contributed by atoms with Crippen molar-refractivity contribution < 1.29 is 17.5 Å². The summed E-state index contributed by atoms with van der Waals surface area (Å²) in [5, 5.41) is 18.7. The molecule has 0 aliphatic carbocycles. The van der Waals surface area contributed by atoms with E-state index in [1.54, 1.807) is 0 Å². The van der Waals surface area contributed by atoms with Gasteiger partial charge in [0.2, 0.25) is 10.0 Å². The van der Waals surface area contributed by atoms with Crippen molar-refractivity contribution in [2.24, 2.45) is 5.73 Å². The molecule has 1 aliphatic heterocycles. The van der Waals surface area contributed by atoms with E-state index >= 15 is 0 Å². The third-order valence-electron chi connectivity index (χ3n) is 6.09. The fourth-order valence-electron chi connectivity index (χ4n) is 4.08. The van der Waals surface area contributed by atoms with Crippen molar-refractivity contribution in [3.8, 4) is 11.8 Å². The predicted octanol–water partition coefficient (Wildman–Crippen LogP) is 2.91. The molecule has 3 heterocycles. The number of halogens is 3. The molecule has 1 aromatic carbocycles. The Labute approximate surface area is 234 Å². The van der Waals surface area contributed by atoms with Gasteiger partial charge in [0.1, 0.15) is 11.9 Å². The van der Waals surface area contributed by atoms with Gasteiger partial charge in [0, 0.05) is 73.2 Å². The van der Waals surface area contributed by atoms with Crippen LogP contribution in [0.1, 0.15) is 28.5 Å². The minimum atomic E-state index is -3.31. The molecule has 4 rings (SSSR count). The first-order chi connectivity index (χ1) is 18.4. The monoisotopic (exact) mass is 592 g/mol. The molecule has 39 heavy (non-hydrogen) atoms. The summed E-state index contributed by atoms with van der Waals surface area (Å²) in [6.45, 7) is 1.22. The number of benzene rings is 1. The Balaban J connectivity index is 1.60. The van der Waals surface area contributed by atoms with Gasteiger partial charge in [0.05, 0.1) is 27.6 Å². The fraction of sp³-hybridized carbons (Fsp3) is 0.250. The summed E-state index contributed by atoms with van der Waals surface area (Å²) in [6.07, 6.45) is 3.94. The van der Waals surface area contributed by atoms with Gasteiger partial charge in [-0.25, -0.2) is 17.8 Å². The lowest BCUT2D eigenvalue weighted by atomic mass is 10.0. The zero-order valence-corrected chi connectivity index (χ0v) is 22.9. The normalized spacial score (nSPS) is 15.0. The molecule has 2 aromatic heterocycles. The number of nitriles is 1. The smallest absolute Gasteiger partial charge is 0.211 e. The number of hydrogen-bond acceptors (Lipinski definition) is 10. The first-order valence-electron chi connectivity index (χ1n) is 11.4. The first kappa shape index (κ1) is 28.5. The van der Waals surface area contributed by atoms with Gasteiger partial charge in [-0.05, 0) is 12.1 Å². The van der Waals surface area contributed by atoms with Crippen molar-refractivity contribution in [3.63, 3.8) is 0 Å². The molecule has 0 bridgehead atoms. The van der Waals surface area contributed by atoms with Crippen LogP contribution in [0, 0.1) is 22.6 Å². The molecule has 1 fully saturated rings. The molecular formula is C24H23Cl2FN8O3S. The standard InChI is InChI=1S/C24H23Cl2FN8O3S/c1-39(36,37)35-4-2-34(3-5-35)24-13(9-28)6-14(10-33-24)22(30)15-7-20(18(27)8-19(15)29)38-23(31)21-16(25)11-32-12-17(21)26/h6-8,10-12,23,30H,2-5,29,31H2,1H3/t23-/m0/s1. The third-order valence-corrected chi connectivity index (χ3v) is 7.99. The minimum absolute atomic E-state index is 0.0436. The lowest BCUT2D eigenvalue weighted by Gasteiger charge is -2.34. The Kier molecular flexibility index (Phi) is 8.24.